The van der Waals surface area contributed by atoms with E-state index in [2.05, 4.69) is 0 Å². The van der Waals surface area contributed by atoms with Gasteiger partial charge in [-0.1, -0.05) is 12.1 Å². The first kappa shape index (κ1) is 22.8. The number of aromatic nitrogens is 1. The highest BCUT2D eigenvalue weighted by Crippen LogP contribution is 2.29. The molecule has 0 atom stereocenters. The summed E-state index contributed by atoms with van der Waals surface area (Å²) < 4.78 is 47.0. The Morgan fingerprint density at radius 2 is 1.79 bits per heavy atom. The van der Waals surface area contributed by atoms with Gasteiger partial charge in [-0.3, -0.25) is 9.36 Å². The smallest absolute Gasteiger partial charge is 0.408 e. The van der Waals surface area contributed by atoms with E-state index >= 15 is 0 Å². The quantitative estimate of drug-likeness (QED) is 0.487. The topological polar surface area (TPSA) is 92.8 Å². The van der Waals surface area contributed by atoms with Gasteiger partial charge >= 0.3 is 5.76 Å². The van der Waals surface area contributed by atoms with E-state index < -0.39 is 15.8 Å². The molecule has 2 aliphatic rings. The number of carbonyl (C=O) groups is 1. The number of hydrogen-bond donors (Lipinski definition) is 0. The molecule has 8 nitrogen and oxygen atoms in total. The van der Waals surface area contributed by atoms with E-state index in [1.807, 2.05) is 0 Å². The molecule has 5 rings (SSSR count). The number of halogens is 1. The van der Waals surface area contributed by atoms with Crippen LogP contribution in [0.4, 0.5) is 4.39 Å². The van der Waals surface area contributed by atoms with Crippen molar-refractivity contribution in [3.05, 3.63) is 64.4 Å². The molecule has 2 heterocycles. The Hall–Kier alpha value is -2.98. The molecule has 3 aromatic rings. The van der Waals surface area contributed by atoms with Gasteiger partial charge in [-0.05, 0) is 55.5 Å². The third-order valence-electron chi connectivity index (χ3n) is 6.47. The number of hydrogen-bond acceptors (Lipinski definition) is 5. The van der Waals surface area contributed by atoms with Crippen molar-refractivity contribution in [2.75, 3.05) is 13.1 Å². The third kappa shape index (κ3) is 4.52. The lowest BCUT2D eigenvalue weighted by atomic mass is 10.2. The van der Waals surface area contributed by atoms with Gasteiger partial charge in [0.2, 0.25) is 15.9 Å². The van der Waals surface area contributed by atoms with Crippen molar-refractivity contribution in [1.29, 1.82) is 0 Å². The first-order valence-corrected chi connectivity index (χ1v) is 12.9. The number of oxazole rings is 1. The number of sulfonamides is 1. The Kier molecular flexibility index (Phi) is 6.03. The summed E-state index contributed by atoms with van der Waals surface area (Å²) in [5.74, 6) is -1.05. The van der Waals surface area contributed by atoms with Crippen LogP contribution in [0.25, 0.3) is 11.1 Å². The molecule has 0 unspecified atom stereocenters. The number of rotatable bonds is 8. The average Bonchev–Trinajstić information content (AvgIpc) is 3.38. The van der Waals surface area contributed by atoms with Crippen LogP contribution in [-0.4, -0.2) is 47.2 Å². The molecule has 1 saturated heterocycles. The van der Waals surface area contributed by atoms with E-state index in [-0.39, 0.29) is 41.2 Å². The van der Waals surface area contributed by atoms with E-state index in [1.54, 1.807) is 23.1 Å². The molecule has 180 valence electrons. The van der Waals surface area contributed by atoms with Gasteiger partial charge in [0.25, 0.3) is 0 Å². The fourth-order valence-electron chi connectivity index (χ4n) is 4.44. The van der Waals surface area contributed by atoms with Crippen LogP contribution in [0.15, 0.2) is 56.6 Å². The molecule has 0 bridgehead atoms. The summed E-state index contributed by atoms with van der Waals surface area (Å²) in [6.07, 6.45) is 3.62. The summed E-state index contributed by atoms with van der Waals surface area (Å²) in [5, 5.41) is 0. The summed E-state index contributed by atoms with van der Waals surface area (Å²) in [6, 6.07) is 10.7. The van der Waals surface area contributed by atoms with Crippen molar-refractivity contribution in [3.8, 4) is 0 Å². The van der Waals surface area contributed by atoms with E-state index in [0.29, 0.717) is 25.2 Å². The summed E-state index contributed by atoms with van der Waals surface area (Å²) in [4.78, 5) is 27.4. The van der Waals surface area contributed by atoms with Gasteiger partial charge in [-0.2, -0.15) is 4.31 Å². The maximum absolute atomic E-state index is 13.2. The van der Waals surface area contributed by atoms with Crippen LogP contribution in [0, 0.1) is 5.82 Å². The lowest BCUT2D eigenvalue weighted by Crippen LogP contribution is -2.33. The summed E-state index contributed by atoms with van der Waals surface area (Å²) in [5.41, 5.74) is 1.48. The van der Waals surface area contributed by atoms with Gasteiger partial charge in [-0.15, -0.1) is 0 Å². The van der Waals surface area contributed by atoms with Crippen LogP contribution >= 0.6 is 0 Å². The standard InChI is InChI=1S/C24H26FN3O5S/c25-18-5-3-17(4-6-18)16-28(19-7-8-19)23(29)11-14-27-21-10-9-20(15-22(21)33-24(27)30)34(31,32)26-12-1-2-13-26/h3-6,9-10,15,19H,1-2,7-8,11-14,16H2. The molecular weight excluding hydrogens is 461 g/mol. The fraction of sp³-hybridized carbons (Fsp3) is 0.417. The lowest BCUT2D eigenvalue weighted by Gasteiger charge is -2.22. The minimum Gasteiger partial charge on any atom is -0.408 e. The van der Waals surface area contributed by atoms with E-state index in [4.69, 9.17) is 4.42 Å². The predicted octanol–water partition coefficient (Wildman–Crippen LogP) is 3.10. The van der Waals surface area contributed by atoms with Crippen molar-refractivity contribution in [1.82, 2.24) is 13.8 Å². The number of amides is 1. The van der Waals surface area contributed by atoms with E-state index in [9.17, 15) is 22.4 Å². The molecule has 0 N–H and O–H groups in total. The second-order valence-corrected chi connectivity index (χ2v) is 10.8. The largest absolute Gasteiger partial charge is 0.419 e. The van der Waals surface area contributed by atoms with Crippen LogP contribution in [0.5, 0.6) is 0 Å². The van der Waals surface area contributed by atoms with Gasteiger partial charge in [0.05, 0.1) is 10.4 Å². The molecular formula is C24H26FN3O5S. The van der Waals surface area contributed by atoms with E-state index in [1.165, 1.54) is 33.1 Å². The monoisotopic (exact) mass is 487 g/mol. The summed E-state index contributed by atoms with van der Waals surface area (Å²) in [7, 11) is -3.63. The molecule has 1 amide bonds. The molecule has 1 aliphatic carbocycles. The third-order valence-corrected chi connectivity index (χ3v) is 8.36. The second kappa shape index (κ2) is 8.99. The zero-order chi connectivity index (χ0) is 23.9. The molecule has 1 aliphatic heterocycles. The summed E-state index contributed by atoms with van der Waals surface area (Å²) >= 11 is 0. The van der Waals surface area contributed by atoms with Crippen LogP contribution in [-0.2, 0) is 27.9 Å². The van der Waals surface area contributed by atoms with Crippen LogP contribution < -0.4 is 5.76 Å². The van der Waals surface area contributed by atoms with Gasteiger partial charge in [-0.25, -0.2) is 17.6 Å². The highest BCUT2D eigenvalue weighted by Gasteiger charge is 2.32. The van der Waals surface area contributed by atoms with Crippen LogP contribution in [0.1, 0.15) is 37.7 Å². The molecule has 34 heavy (non-hydrogen) atoms. The molecule has 1 saturated carbocycles. The summed E-state index contributed by atoms with van der Waals surface area (Å²) in [6.45, 7) is 1.49. The number of aryl methyl sites for hydroxylation is 1. The maximum Gasteiger partial charge on any atom is 0.419 e. The van der Waals surface area contributed by atoms with Crippen molar-refractivity contribution in [3.63, 3.8) is 0 Å². The van der Waals surface area contributed by atoms with Gasteiger partial charge in [0.1, 0.15) is 5.82 Å². The fourth-order valence-corrected chi connectivity index (χ4v) is 5.97. The first-order chi connectivity index (χ1) is 16.3. The predicted molar refractivity (Wildman–Crippen MR) is 123 cm³/mol. The van der Waals surface area contributed by atoms with Crippen molar-refractivity contribution < 1.29 is 22.0 Å². The number of nitrogens with zero attached hydrogens (tertiary/aromatic N) is 3. The second-order valence-electron chi connectivity index (χ2n) is 8.89. The minimum atomic E-state index is -3.63. The highest BCUT2D eigenvalue weighted by atomic mass is 32.2. The SMILES string of the molecule is O=C(CCn1c(=O)oc2cc(S(=O)(=O)N3CCCC3)ccc21)N(Cc1ccc(F)cc1)C1CC1. The average molecular weight is 488 g/mol. The zero-order valence-electron chi connectivity index (χ0n) is 18.7. The lowest BCUT2D eigenvalue weighted by molar-refractivity contribution is -0.132. The Balaban J connectivity index is 1.32. The maximum atomic E-state index is 13.2. The van der Waals surface area contributed by atoms with Crippen molar-refractivity contribution in [2.45, 2.75) is 56.1 Å². The molecule has 1 aromatic heterocycles. The Morgan fingerprint density at radius 1 is 1.09 bits per heavy atom. The highest BCUT2D eigenvalue weighted by molar-refractivity contribution is 7.89. The Morgan fingerprint density at radius 3 is 2.47 bits per heavy atom. The van der Waals surface area contributed by atoms with E-state index in [0.717, 1.165) is 31.2 Å². The molecule has 0 radical (unpaired) electrons. The van der Waals surface area contributed by atoms with Gasteiger partial charge in [0, 0.05) is 44.7 Å². The van der Waals surface area contributed by atoms with Crippen molar-refractivity contribution in [2.24, 2.45) is 0 Å². The Bertz CT molecular complexity index is 1370. The Labute approximate surface area is 196 Å². The minimum absolute atomic E-state index is 0.0954. The van der Waals surface area contributed by atoms with Crippen LogP contribution in [0.2, 0.25) is 0 Å². The molecule has 10 heteroatoms. The first-order valence-electron chi connectivity index (χ1n) is 11.5. The molecule has 2 fully saturated rings. The van der Waals surface area contributed by atoms with Gasteiger partial charge in [0.15, 0.2) is 5.58 Å². The van der Waals surface area contributed by atoms with Gasteiger partial charge < -0.3 is 9.32 Å². The zero-order valence-corrected chi connectivity index (χ0v) is 19.5. The van der Waals surface area contributed by atoms with Crippen LogP contribution in [0.3, 0.4) is 0 Å². The molecule has 0 spiro atoms. The normalized spacial score (nSPS) is 16.9. The number of carbonyl (C=O) groups excluding carboxylic acids is 1. The molecule has 2 aromatic carbocycles. The van der Waals surface area contributed by atoms with Crippen molar-refractivity contribution >= 4 is 27.0 Å². The number of benzene rings is 2. The number of fused-ring (bicyclic) bond motifs is 1.